The van der Waals surface area contributed by atoms with Gasteiger partial charge in [-0.15, -0.1) is 0 Å². The normalized spacial score (nSPS) is 14.8. The number of carbonyl (C=O) groups excluding carboxylic acids is 2. The number of hydrogen-bond donors (Lipinski definition) is 0. The number of Topliss-reactive ketones (excluding diaryl/α,β-unsaturated/α-hetero) is 1. The third-order valence-electron chi connectivity index (χ3n) is 8.04. The van der Waals surface area contributed by atoms with Crippen molar-refractivity contribution in [3.63, 3.8) is 0 Å². The van der Waals surface area contributed by atoms with Crippen molar-refractivity contribution in [2.75, 3.05) is 25.1 Å². The number of alkyl halides is 3. The van der Waals surface area contributed by atoms with Gasteiger partial charge in [-0.2, -0.15) is 13.2 Å². The zero-order valence-electron chi connectivity index (χ0n) is 23.3. The second-order valence-corrected chi connectivity index (χ2v) is 10.6. The number of ketones is 1. The molecule has 4 aromatic carbocycles. The Morgan fingerprint density at radius 1 is 0.833 bits per heavy atom. The van der Waals surface area contributed by atoms with Gasteiger partial charge in [0.05, 0.1) is 18.6 Å². The molecule has 0 N–H and O–H groups in total. The largest absolute Gasteiger partial charge is 0.469 e. The van der Waals surface area contributed by atoms with Crippen LogP contribution in [0.5, 0.6) is 0 Å². The summed E-state index contributed by atoms with van der Waals surface area (Å²) < 4.78 is 44.1. The van der Waals surface area contributed by atoms with E-state index < -0.39 is 11.7 Å². The molecule has 4 aromatic rings. The van der Waals surface area contributed by atoms with Gasteiger partial charge in [-0.05, 0) is 65.3 Å². The topological polar surface area (TPSA) is 46.6 Å². The zero-order chi connectivity index (χ0) is 29.7. The number of ether oxygens (including phenoxy) is 1. The summed E-state index contributed by atoms with van der Waals surface area (Å²) in [6.07, 6.45) is -2.52. The van der Waals surface area contributed by atoms with E-state index in [0.29, 0.717) is 16.7 Å². The van der Waals surface area contributed by atoms with Gasteiger partial charge in [-0.1, -0.05) is 78.9 Å². The van der Waals surface area contributed by atoms with Crippen molar-refractivity contribution < 1.29 is 27.5 Å². The van der Waals surface area contributed by atoms with Crippen LogP contribution >= 0.6 is 0 Å². The molecular weight excluding hydrogens is 539 g/mol. The van der Waals surface area contributed by atoms with Crippen molar-refractivity contribution in [2.45, 2.75) is 31.4 Å². The third kappa shape index (κ3) is 6.56. The van der Waals surface area contributed by atoms with Crippen molar-refractivity contribution in [3.8, 4) is 11.1 Å². The maximum Gasteiger partial charge on any atom is 0.416 e. The molecule has 1 unspecified atom stereocenters. The van der Waals surface area contributed by atoms with E-state index in [1.54, 1.807) is 24.3 Å². The Morgan fingerprint density at radius 3 is 2.07 bits per heavy atom. The first-order valence-corrected chi connectivity index (χ1v) is 14.0. The summed E-state index contributed by atoms with van der Waals surface area (Å²) in [4.78, 5) is 28.2. The summed E-state index contributed by atoms with van der Waals surface area (Å²) in [6, 6.07) is 29.6. The molecule has 1 aliphatic rings. The SMILES string of the molecule is COC(=O)C(c1ccccc1)C1CCN(c2ccc(CC(=O)c3ccccc3-c3ccc(C(F)(F)F)cc3)cc2)CC1. The highest BCUT2D eigenvalue weighted by atomic mass is 19.4. The highest BCUT2D eigenvalue weighted by molar-refractivity contribution is 6.03. The Morgan fingerprint density at radius 2 is 1.45 bits per heavy atom. The van der Waals surface area contributed by atoms with E-state index in [1.807, 2.05) is 54.6 Å². The van der Waals surface area contributed by atoms with Crippen molar-refractivity contribution >= 4 is 17.4 Å². The molecule has 42 heavy (non-hydrogen) atoms. The molecule has 1 heterocycles. The lowest BCUT2D eigenvalue weighted by Crippen LogP contribution is -2.37. The van der Waals surface area contributed by atoms with Gasteiger partial charge in [0.15, 0.2) is 5.78 Å². The van der Waals surface area contributed by atoms with E-state index in [0.717, 1.165) is 54.9 Å². The molecule has 0 saturated carbocycles. The number of esters is 1. The minimum absolute atomic E-state index is 0.103. The van der Waals surface area contributed by atoms with Crippen molar-refractivity contribution in [3.05, 3.63) is 125 Å². The van der Waals surface area contributed by atoms with Gasteiger partial charge in [-0.25, -0.2) is 0 Å². The first kappa shape index (κ1) is 29.1. The minimum atomic E-state index is -4.41. The molecule has 1 atom stereocenters. The van der Waals surface area contributed by atoms with Gasteiger partial charge in [0.2, 0.25) is 0 Å². The van der Waals surface area contributed by atoms with Crippen LogP contribution in [0.25, 0.3) is 11.1 Å². The van der Waals surface area contributed by atoms with Gasteiger partial charge < -0.3 is 9.64 Å². The van der Waals surface area contributed by atoms with E-state index in [1.165, 1.54) is 19.2 Å². The van der Waals surface area contributed by atoms with Gasteiger partial charge in [-0.3, -0.25) is 9.59 Å². The molecule has 1 fully saturated rings. The van der Waals surface area contributed by atoms with Crippen LogP contribution in [-0.4, -0.2) is 32.0 Å². The van der Waals surface area contributed by atoms with Crippen molar-refractivity contribution in [1.82, 2.24) is 0 Å². The Hall–Kier alpha value is -4.39. The van der Waals surface area contributed by atoms with Crippen LogP contribution in [-0.2, 0) is 22.1 Å². The third-order valence-corrected chi connectivity index (χ3v) is 8.04. The molecule has 5 rings (SSSR count). The fourth-order valence-corrected chi connectivity index (χ4v) is 5.80. The maximum atomic E-state index is 13.3. The fraction of sp³-hybridized carbons (Fsp3) is 0.257. The Kier molecular flexibility index (Phi) is 8.76. The summed E-state index contributed by atoms with van der Waals surface area (Å²) in [5.74, 6) is -0.391. The van der Waals surface area contributed by atoms with Crippen LogP contribution in [0.1, 0.15) is 45.8 Å². The van der Waals surface area contributed by atoms with E-state index in [2.05, 4.69) is 4.90 Å². The smallest absolute Gasteiger partial charge is 0.416 e. The molecular formula is C35H32F3NO3. The Labute approximate surface area is 243 Å². The van der Waals surface area contributed by atoms with Crippen LogP contribution < -0.4 is 4.90 Å². The molecule has 7 heteroatoms. The van der Waals surface area contributed by atoms with Crippen molar-refractivity contribution in [2.24, 2.45) is 5.92 Å². The Balaban J connectivity index is 1.23. The van der Waals surface area contributed by atoms with Crippen LogP contribution in [0.4, 0.5) is 18.9 Å². The monoisotopic (exact) mass is 571 g/mol. The number of benzene rings is 4. The van der Waals surface area contributed by atoms with Gasteiger partial charge in [0.1, 0.15) is 0 Å². The number of anilines is 1. The van der Waals surface area contributed by atoms with Crippen LogP contribution in [0, 0.1) is 5.92 Å². The summed E-state index contributed by atoms with van der Waals surface area (Å²) in [5, 5.41) is 0. The maximum absolute atomic E-state index is 13.3. The standard InChI is InChI=1S/C35H32F3NO3/c1-42-34(41)33(26-7-3-2-4-8-26)27-19-21-39(22-20-27)29-17-11-24(12-18-29)23-32(40)31-10-6-5-9-30(31)25-13-15-28(16-14-25)35(36,37)38/h2-18,27,33H,19-23H2,1H3. The summed E-state index contributed by atoms with van der Waals surface area (Å²) in [5.41, 5.74) is 3.82. The number of rotatable bonds is 8. The number of hydrogen-bond acceptors (Lipinski definition) is 4. The predicted octanol–water partition coefficient (Wildman–Crippen LogP) is 7.97. The number of halogens is 3. The second kappa shape index (κ2) is 12.6. The zero-order valence-corrected chi connectivity index (χ0v) is 23.3. The quantitative estimate of drug-likeness (QED) is 0.159. The lowest BCUT2D eigenvalue weighted by atomic mass is 9.80. The average Bonchev–Trinajstić information content (AvgIpc) is 3.02. The van der Waals surface area contributed by atoms with Crippen molar-refractivity contribution in [1.29, 1.82) is 0 Å². The summed E-state index contributed by atoms with van der Waals surface area (Å²) in [7, 11) is 1.44. The fourth-order valence-electron chi connectivity index (χ4n) is 5.80. The summed E-state index contributed by atoms with van der Waals surface area (Å²) >= 11 is 0. The number of nitrogens with zero attached hydrogens (tertiary/aromatic N) is 1. The summed E-state index contributed by atoms with van der Waals surface area (Å²) in [6.45, 7) is 1.62. The first-order valence-electron chi connectivity index (χ1n) is 14.0. The molecule has 0 aromatic heterocycles. The highest BCUT2D eigenvalue weighted by Crippen LogP contribution is 2.36. The molecule has 0 bridgehead atoms. The molecule has 0 amide bonds. The first-order chi connectivity index (χ1) is 20.2. The molecule has 216 valence electrons. The second-order valence-electron chi connectivity index (χ2n) is 10.6. The Bertz CT molecular complexity index is 1510. The molecule has 0 radical (unpaired) electrons. The van der Waals surface area contributed by atoms with E-state index in [-0.39, 0.29) is 30.0 Å². The number of methoxy groups -OCH3 is 1. The lowest BCUT2D eigenvalue weighted by Gasteiger charge is -2.36. The number of piperidine rings is 1. The van der Waals surface area contributed by atoms with Crippen LogP contribution in [0.2, 0.25) is 0 Å². The van der Waals surface area contributed by atoms with E-state index in [4.69, 9.17) is 4.74 Å². The molecule has 0 aliphatic carbocycles. The highest BCUT2D eigenvalue weighted by Gasteiger charge is 2.33. The van der Waals surface area contributed by atoms with E-state index in [9.17, 15) is 22.8 Å². The predicted molar refractivity (Wildman–Crippen MR) is 157 cm³/mol. The van der Waals surface area contributed by atoms with Gasteiger partial charge >= 0.3 is 12.1 Å². The molecule has 1 saturated heterocycles. The minimum Gasteiger partial charge on any atom is -0.469 e. The van der Waals surface area contributed by atoms with E-state index >= 15 is 0 Å². The van der Waals surface area contributed by atoms with Crippen LogP contribution in [0.15, 0.2) is 103 Å². The van der Waals surface area contributed by atoms with Gasteiger partial charge in [0, 0.05) is 30.8 Å². The van der Waals surface area contributed by atoms with Gasteiger partial charge in [0.25, 0.3) is 0 Å². The number of carbonyl (C=O) groups is 2. The molecule has 0 spiro atoms. The molecule has 4 nitrogen and oxygen atoms in total. The lowest BCUT2D eigenvalue weighted by molar-refractivity contribution is -0.144. The average molecular weight is 572 g/mol. The van der Waals surface area contributed by atoms with Crippen LogP contribution in [0.3, 0.4) is 0 Å². The molecule has 1 aliphatic heterocycles.